The Hall–Kier alpha value is -3.02. The van der Waals surface area contributed by atoms with E-state index in [2.05, 4.69) is 72.5 Å². The average molecular weight is 455 g/mol. The van der Waals surface area contributed by atoms with Crippen LogP contribution in [-0.4, -0.2) is 35.5 Å². The molecule has 1 fully saturated rings. The van der Waals surface area contributed by atoms with E-state index in [9.17, 15) is 4.79 Å². The molecular weight excluding hydrogens is 428 g/mol. The molecule has 0 spiro atoms. The summed E-state index contributed by atoms with van der Waals surface area (Å²) in [4.78, 5) is 20.3. The highest BCUT2D eigenvalue weighted by atomic mass is 32.1. The van der Waals surface area contributed by atoms with Crippen molar-refractivity contribution in [1.82, 2.24) is 9.88 Å². The minimum absolute atomic E-state index is 0.0231. The van der Waals surface area contributed by atoms with E-state index in [1.807, 2.05) is 0 Å². The van der Waals surface area contributed by atoms with Gasteiger partial charge in [0.1, 0.15) is 11.0 Å². The fourth-order valence-electron chi connectivity index (χ4n) is 5.56. The minimum atomic E-state index is -0.238. The maximum Gasteiger partial charge on any atom is 0.323 e. The number of ether oxygens (including phenoxy) is 1. The molecule has 2 aliphatic heterocycles. The number of aromatic nitrogens is 1. The zero-order valence-corrected chi connectivity index (χ0v) is 19.7. The first-order valence-corrected chi connectivity index (χ1v) is 12.4. The van der Waals surface area contributed by atoms with Gasteiger partial charge in [0, 0.05) is 5.56 Å². The molecule has 0 N–H and O–H groups in total. The van der Waals surface area contributed by atoms with Crippen LogP contribution in [0.2, 0.25) is 0 Å². The Morgan fingerprint density at radius 3 is 2.76 bits per heavy atom. The van der Waals surface area contributed by atoms with Gasteiger partial charge in [0.05, 0.1) is 23.4 Å². The number of methoxy groups -OCH3 is 1. The van der Waals surface area contributed by atoms with Gasteiger partial charge in [-0.1, -0.05) is 55.0 Å². The summed E-state index contributed by atoms with van der Waals surface area (Å²) in [6.07, 6.45) is 2.96. The van der Waals surface area contributed by atoms with E-state index in [4.69, 9.17) is 9.72 Å². The van der Waals surface area contributed by atoms with Crippen molar-refractivity contribution in [2.45, 2.75) is 38.3 Å². The largest absolute Gasteiger partial charge is 0.468 e. The molecule has 1 aromatic heterocycles. The summed E-state index contributed by atoms with van der Waals surface area (Å²) in [6.45, 7) is 3.06. The zero-order valence-electron chi connectivity index (χ0n) is 18.9. The fourth-order valence-corrected chi connectivity index (χ4v) is 6.58. The highest BCUT2D eigenvalue weighted by Gasteiger charge is 2.39. The van der Waals surface area contributed by atoms with Crippen molar-refractivity contribution < 1.29 is 9.53 Å². The fraction of sp³-hybridized carbons (Fsp3) is 0.286. The van der Waals surface area contributed by atoms with Gasteiger partial charge in [0.15, 0.2) is 0 Å². The van der Waals surface area contributed by atoms with E-state index >= 15 is 0 Å². The van der Waals surface area contributed by atoms with Crippen LogP contribution < -0.4 is 0 Å². The van der Waals surface area contributed by atoms with Gasteiger partial charge in [-0.05, 0) is 66.3 Å². The molecule has 3 bridgehead atoms. The van der Waals surface area contributed by atoms with Crippen molar-refractivity contribution in [2.75, 3.05) is 13.7 Å². The summed E-state index contributed by atoms with van der Waals surface area (Å²) in [6, 6.07) is 21.4. The second-order valence-corrected chi connectivity index (χ2v) is 10.0. The molecular formula is C28H26N2O2S. The molecule has 1 unspecified atom stereocenters. The quantitative estimate of drug-likeness (QED) is 0.337. The van der Waals surface area contributed by atoms with Gasteiger partial charge in [0.2, 0.25) is 0 Å². The number of carbonyl (C=O) groups is 1. The van der Waals surface area contributed by atoms with E-state index in [0.717, 1.165) is 36.3 Å². The van der Waals surface area contributed by atoms with Crippen molar-refractivity contribution in [2.24, 2.45) is 0 Å². The predicted molar refractivity (Wildman–Crippen MR) is 133 cm³/mol. The number of aryl methyl sites for hydroxylation is 1. The second-order valence-electron chi connectivity index (χ2n) is 9.01. The third kappa shape index (κ3) is 3.30. The normalized spacial score (nSPS) is 19.9. The van der Waals surface area contributed by atoms with E-state index in [0.29, 0.717) is 0 Å². The summed E-state index contributed by atoms with van der Waals surface area (Å²) in [5.41, 5.74) is 8.31. The predicted octanol–water partition coefficient (Wildman–Crippen LogP) is 6.37. The van der Waals surface area contributed by atoms with Crippen molar-refractivity contribution in [1.29, 1.82) is 0 Å². The van der Waals surface area contributed by atoms with Gasteiger partial charge < -0.3 is 4.74 Å². The van der Waals surface area contributed by atoms with Crippen LogP contribution in [0.15, 0.2) is 60.7 Å². The topological polar surface area (TPSA) is 42.4 Å². The maximum absolute atomic E-state index is 12.9. The molecule has 2 aliphatic rings. The van der Waals surface area contributed by atoms with Gasteiger partial charge in [-0.2, -0.15) is 0 Å². The smallest absolute Gasteiger partial charge is 0.323 e. The third-order valence-electron chi connectivity index (χ3n) is 7.11. The van der Waals surface area contributed by atoms with Crippen molar-refractivity contribution in [3.8, 4) is 21.7 Å². The number of fused-ring (bicyclic) bond motifs is 4. The highest BCUT2D eigenvalue weighted by Crippen LogP contribution is 2.48. The molecule has 0 saturated carbocycles. The van der Waals surface area contributed by atoms with E-state index in [-0.39, 0.29) is 18.1 Å². The Bertz CT molecular complexity index is 1360. The SMILES string of the molecule is COC(=O)C1CCCCN1[C@H]1c2ccc3sc(nc3c2)-c2c(-c3ccccc3)ccc(C)c21. The van der Waals surface area contributed by atoms with Crippen LogP contribution in [0.5, 0.6) is 0 Å². The van der Waals surface area contributed by atoms with Crippen LogP contribution in [0.4, 0.5) is 0 Å². The Kier molecular flexibility index (Phi) is 5.04. The number of hydrogen-bond donors (Lipinski definition) is 0. The van der Waals surface area contributed by atoms with Crippen molar-refractivity contribution in [3.63, 3.8) is 0 Å². The molecule has 166 valence electrons. The number of likely N-dealkylation sites (tertiary alicyclic amines) is 1. The van der Waals surface area contributed by atoms with Gasteiger partial charge in [-0.15, -0.1) is 11.3 Å². The Morgan fingerprint density at radius 1 is 1.09 bits per heavy atom. The third-order valence-corrected chi connectivity index (χ3v) is 8.17. The summed E-state index contributed by atoms with van der Waals surface area (Å²) in [5, 5.41) is 1.05. The van der Waals surface area contributed by atoms with Crippen LogP contribution in [-0.2, 0) is 9.53 Å². The summed E-state index contributed by atoms with van der Waals surface area (Å²) in [5.74, 6) is -0.134. The number of hydrogen-bond acceptors (Lipinski definition) is 5. The lowest BCUT2D eigenvalue weighted by atomic mass is 9.83. The molecule has 4 nitrogen and oxygen atoms in total. The Labute approximate surface area is 197 Å². The lowest BCUT2D eigenvalue weighted by molar-refractivity contribution is -0.149. The first-order chi connectivity index (χ1) is 16.2. The van der Waals surface area contributed by atoms with E-state index < -0.39 is 0 Å². The number of nitrogens with zero attached hydrogens (tertiary/aromatic N) is 2. The van der Waals surface area contributed by atoms with E-state index in [1.54, 1.807) is 11.3 Å². The molecule has 3 heterocycles. The minimum Gasteiger partial charge on any atom is -0.468 e. The summed E-state index contributed by atoms with van der Waals surface area (Å²) >= 11 is 1.75. The number of esters is 1. The van der Waals surface area contributed by atoms with Crippen LogP contribution in [0, 0.1) is 6.92 Å². The van der Waals surface area contributed by atoms with Crippen LogP contribution in [0.3, 0.4) is 0 Å². The molecule has 3 aromatic carbocycles. The highest BCUT2D eigenvalue weighted by molar-refractivity contribution is 7.21. The summed E-state index contributed by atoms with van der Waals surface area (Å²) < 4.78 is 6.45. The number of rotatable bonds is 3. The Morgan fingerprint density at radius 2 is 1.94 bits per heavy atom. The molecule has 0 amide bonds. The number of carbonyl (C=O) groups excluding carboxylic acids is 1. The number of thiazole rings is 1. The maximum atomic E-state index is 12.9. The monoisotopic (exact) mass is 454 g/mol. The van der Waals surface area contributed by atoms with Gasteiger partial charge in [0.25, 0.3) is 0 Å². The lowest BCUT2D eigenvalue weighted by Gasteiger charge is -2.41. The molecule has 2 atom stereocenters. The standard InChI is InChI=1S/C28H26N2O2S/c1-17-11-13-20(18-8-4-3-5-9-18)25-24(17)26(30-15-7-6-10-22(30)28(31)32-2)19-12-14-23-21(16-19)29-27(25)33-23/h3-5,8-9,11-14,16,22,26H,6-7,10,15H2,1-2H3/t22?,26-/m0/s1. The van der Waals surface area contributed by atoms with Crippen LogP contribution in [0.1, 0.15) is 42.0 Å². The zero-order chi connectivity index (χ0) is 22.5. The van der Waals surface area contributed by atoms with Gasteiger partial charge >= 0.3 is 5.97 Å². The average Bonchev–Trinajstić information content (AvgIpc) is 3.31. The van der Waals surface area contributed by atoms with Gasteiger partial charge in [-0.25, -0.2) is 4.98 Å². The molecule has 4 aromatic rings. The lowest BCUT2D eigenvalue weighted by Crippen LogP contribution is -2.47. The Balaban J connectivity index is 1.66. The van der Waals surface area contributed by atoms with Crippen LogP contribution in [0.25, 0.3) is 31.9 Å². The molecule has 33 heavy (non-hydrogen) atoms. The van der Waals surface area contributed by atoms with Crippen molar-refractivity contribution in [3.05, 3.63) is 77.4 Å². The first-order valence-electron chi connectivity index (χ1n) is 11.6. The van der Waals surface area contributed by atoms with Crippen LogP contribution >= 0.6 is 11.3 Å². The summed E-state index contributed by atoms with van der Waals surface area (Å²) in [7, 11) is 1.50. The molecule has 0 aliphatic carbocycles. The molecule has 0 radical (unpaired) electrons. The van der Waals surface area contributed by atoms with Crippen molar-refractivity contribution >= 4 is 27.5 Å². The number of piperidine rings is 1. The second kappa shape index (κ2) is 8.08. The number of benzene rings is 3. The van der Waals surface area contributed by atoms with E-state index in [1.165, 1.54) is 45.2 Å². The molecule has 1 saturated heterocycles. The molecule has 6 rings (SSSR count). The first kappa shape index (κ1) is 20.6. The molecule has 5 heteroatoms. The van der Waals surface area contributed by atoms with Gasteiger partial charge in [-0.3, -0.25) is 9.69 Å².